The van der Waals surface area contributed by atoms with E-state index in [0.29, 0.717) is 5.82 Å². The van der Waals surface area contributed by atoms with Gasteiger partial charge in [-0.25, -0.2) is 8.78 Å². The molecule has 4 aromatic rings. The van der Waals surface area contributed by atoms with Crippen LogP contribution in [0.3, 0.4) is 0 Å². The summed E-state index contributed by atoms with van der Waals surface area (Å²) in [6, 6.07) is 18.9. The fourth-order valence-electron chi connectivity index (χ4n) is 2.71. The fourth-order valence-corrected chi connectivity index (χ4v) is 2.71. The Morgan fingerprint density at radius 3 is 2.53 bits per heavy atom. The van der Waals surface area contributed by atoms with Crippen LogP contribution in [0.2, 0.25) is 0 Å². The van der Waals surface area contributed by atoms with E-state index in [4.69, 9.17) is 9.26 Å². The summed E-state index contributed by atoms with van der Waals surface area (Å²) in [6.07, 6.45) is 0. The number of halogens is 2. The van der Waals surface area contributed by atoms with Gasteiger partial charge in [-0.1, -0.05) is 47.6 Å². The molecule has 4 rings (SSSR count). The van der Waals surface area contributed by atoms with Gasteiger partial charge in [-0.3, -0.25) is 4.79 Å². The van der Waals surface area contributed by atoms with Crippen molar-refractivity contribution in [3.63, 3.8) is 0 Å². The van der Waals surface area contributed by atoms with Crippen molar-refractivity contribution in [1.29, 1.82) is 0 Å². The number of ether oxygens (including phenoxy) is 1. The highest BCUT2D eigenvalue weighted by atomic mass is 19.2. The lowest BCUT2D eigenvalue weighted by atomic mass is 10.2. The van der Waals surface area contributed by atoms with Crippen molar-refractivity contribution in [2.24, 2.45) is 0 Å². The molecule has 0 atom stereocenters. The van der Waals surface area contributed by atoms with Crippen molar-refractivity contribution in [3.05, 3.63) is 95.9 Å². The van der Waals surface area contributed by atoms with Crippen molar-refractivity contribution in [1.82, 2.24) is 10.1 Å². The molecule has 30 heavy (non-hydrogen) atoms. The third kappa shape index (κ3) is 4.33. The van der Waals surface area contributed by atoms with E-state index in [1.807, 2.05) is 30.3 Å². The zero-order valence-corrected chi connectivity index (χ0v) is 15.5. The molecule has 0 unspecified atom stereocenters. The lowest BCUT2D eigenvalue weighted by Crippen LogP contribution is -2.14. The molecule has 0 saturated heterocycles. The molecule has 6 nitrogen and oxygen atoms in total. The molecule has 0 bridgehead atoms. The van der Waals surface area contributed by atoms with Crippen LogP contribution in [0, 0.1) is 11.6 Å². The first-order valence-electron chi connectivity index (χ1n) is 8.96. The minimum atomic E-state index is -1.05. The second-order valence-corrected chi connectivity index (χ2v) is 6.25. The average Bonchev–Trinajstić information content (AvgIpc) is 3.25. The Morgan fingerprint density at radius 2 is 1.73 bits per heavy atom. The Morgan fingerprint density at radius 1 is 0.967 bits per heavy atom. The Balaban J connectivity index is 1.46. The van der Waals surface area contributed by atoms with Crippen LogP contribution in [0.5, 0.6) is 5.75 Å². The van der Waals surface area contributed by atoms with E-state index in [-0.39, 0.29) is 29.5 Å². The number of rotatable bonds is 6. The zero-order valence-electron chi connectivity index (χ0n) is 15.5. The summed E-state index contributed by atoms with van der Waals surface area (Å²) in [5, 5.41) is 6.43. The van der Waals surface area contributed by atoms with E-state index in [0.717, 1.165) is 17.7 Å². The van der Waals surface area contributed by atoms with Crippen molar-refractivity contribution in [3.8, 4) is 17.1 Å². The minimum absolute atomic E-state index is 0.0463. The van der Waals surface area contributed by atoms with Gasteiger partial charge < -0.3 is 14.6 Å². The number of hydrogen-bond acceptors (Lipinski definition) is 5. The number of amides is 1. The summed E-state index contributed by atoms with van der Waals surface area (Å²) >= 11 is 0. The highest BCUT2D eigenvalue weighted by molar-refractivity contribution is 6.06. The maximum Gasteiger partial charge on any atom is 0.264 e. The van der Waals surface area contributed by atoms with Crippen LogP contribution in [0.1, 0.15) is 16.2 Å². The zero-order chi connectivity index (χ0) is 20.9. The van der Waals surface area contributed by atoms with Gasteiger partial charge in [-0.2, -0.15) is 4.98 Å². The third-order valence-corrected chi connectivity index (χ3v) is 4.16. The number of para-hydroxylation sites is 1. The summed E-state index contributed by atoms with van der Waals surface area (Å²) in [4.78, 5) is 16.8. The highest BCUT2D eigenvalue weighted by Gasteiger charge is 2.15. The molecule has 1 heterocycles. The van der Waals surface area contributed by atoms with Crippen molar-refractivity contribution in [2.45, 2.75) is 6.61 Å². The number of nitrogens with one attached hydrogen (secondary N) is 1. The lowest BCUT2D eigenvalue weighted by molar-refractivity contribution is 0.102. The quantitative estimate of drug-likeness (QED) is 0.495. The van der Waals surface area contributed by atoms with Gasteiger partial charge in [-0.05, 0) is 24.3 Å². The van der Waals surface area contributed by atoms with Crippen LogP contribution < -0.4 is 10.1 Å². The molecule has 0 aliphatic rings. The number of hydrogen-bond donors (Lipinski definition) is 1. The molecule has 150 valence electrons. The van der Waals surface area contributed by atoms with Crippen LogP contribution in [-0.4, -0.2) is 16.0 Å². The predicted molar refractivity (Wildman–Crippen MR) is 105 cm³/mol. The van der Waals surface area contributed by atoms with Crippen LogP contribution in [0.25, 0.3) is 11.4 Å². The molecule has 0 aliphatic carbocycles. The smallest absolute Gasteiger partial charge is 0.264 e. The Labute approximate surface area is 170 Å². The lowest BCUT2D eigenvalue weighted by Gasteiger charge is -2.10. The van der Waals surface area contributed by atoms with E-state index in [1.165, 1.54) is 6.07 Å². The Kier molecular flexibility index (Phi) is 5.47. The minimum Gasteiger partial charge on any atom is -0.483 e. The van der Waals surface area contributed by atoms with E-state index in [9.17, 15) is 13.6 Å². The topological polar surface area (TPSA) is 77.2 Å². The van der Waals surface area contributed by atoms with Gasteiger partial charge in [0, 0.05) is 17.3 Å². The summed E-state index contributed by atoms with van der Waals surface area (Å²) in [5.74, 6) is -1.64. The maximum absolute atomic E-state index is 13.4. The van der Waals surface area contributed by atoms with Gasteiger partial charge in [0.2, 0.25) is 5.82 Å². The van der Waals surface area contributed by atoms with Gasteiger partial charge in [0.15, 0.2) is 18.2 Å². The summed E-state index contributed by atoms with van der Waals surface area (Å²) in [6.45, 7) is -0.0463. The molecule has 1 aromatic heterocycles. The molecule has 0 fully saturated rings. The maximum atomic E-state index is 13.4. The van der Waals surface area contributed by atoms with Crippen molar-refractivity contribution >= 4 is 11.6 Å². The van der Waals surface area contributed by atoms with Crippen LogP contribution in [0.4, 0.5) is 14.5 Å². The second-order valence-electron chi connectivity index (χ2n) is 6.25. The first kappa shape index (κ1) is 19.3. The molecular formula is C22H15F2N3O3. The fraction of sp³-hybridized carbons (Fsp3) is 0.0455. The van der Waals surface area contributed by atoms with E-state index < -0.39 is 17.5 Å². The number of carbonyl (C=O) groups is 1. The number of carbonyl (C=O) groups excluding carboxylic acids is 1. The first-order valence-corrected chi connectivity index (χ1v) is 8.96. The first-order chi connectivity index (χ1) is 14.6. The average molecular weight is 407 g/mol. The molecule has 8 heteroatoms. The summed E-state index contributed by atoms with van der Waals surface area (Å²) in [7, 11) is 0. The molecule has 0 aliphatic heterocycles. The molecule has 1 amide bonds. The summed E-state index contributed by atoms with van der Waals surface area (Å²) in [5.41, 5.74) is 1.14. The largest absolute Gasteiger partial charge is 0.483 e. The SMILES string of the molecule is O=C(Nc1ccc(F)c(F)c1)c1ccccc1OCc1nc(-c2ccccc2)no1. The van der Waals surface area contributed by atoms with Gasteiger partial charge in [0.05, 0.1) is 5.56 Å². The van der Waals surface area contributed by atoms with Gasteiger partial charge in [0.1, 0.15) is 5.75 Å². The van der Waals surface area contributed by atoms with Crippen LogP contribution in [-0.2, 0) is 6.61 Å². The van der Waals surface area contributed by atoms with Crippen LogP contribution >= 0.6 is 0 Å². The van der Waals surface area contributed by atoms with Crippen LogP contribution in [0.15, 0.2) is 77.3 Å². The molecular weight excluding hydrogens is 392 g/mol. The molecule has 0 spiro atoms. The van der Waals surface area contributed by atoms with E-state index >= 15 is 0 Å². The Hall–Kier alpha value is -4.07. The molecule has 1 N–H and O–H groups in total. The van der Waals surface area contributed by atoms with E-state index in [1.54, 1.807) is 24.3 Å². The Bertz CT molecular complexity index is 1180. The molecule has 0 saturated carbocycles. The number of benzene rings is 3. The molecule has 0 radical (unpaired) electrons. The standard InChI is InChI=1S/C22H15F2N3O3/c23-17-11-10-15(12-18(17)24)25-22(28)16-8-4-5-9-19(16)29-13-20-26-21(27-30-20)14-6-2-1-3-7-14/h1-12H,13H2,(H,25,28). The number of nitrogens with zero attached hydrogens (tertiary/aromatic N) is 2. The predicted octanol–water partition coefficient (Wildman–Crippen LogP) is 4.85. The third-order valence-electron chi connectivity index (χ3n) is 4.16. The highest BCUT2D eigenvalue weighted by Crippen LogP contribution is 2.22. The van der Waals surface area contributed by atoms with Gasteiger partial charge >= 0.3 is 0 Å². The van der Waals surface area contributed by atoms with E-state index in [2.05, 4.69) is 15.5 Å². The monoisotopic (exact) mass is 407 g/mol. The van der Waals surface area contributed by atoms with Crippen molar-refractivity contribution in [2.75, 3.05) is 5.32 Å². The molecule has 3 aromatic carbocycles. The van der Waals surface area contributed by atoms with Gasteiger partial charge in [-0.15, -0.1) is 0 Å². The van der Waals surface area contributed by atoms with Crippen molar-refractivity contribution < 1.29 is 22.8 Å². The number of aromatic nitrogens is 2. The normalized spacial score (nSPS) is 10.6. The second kappa shape index (κ2) is 8.52. The van der Waals surface area contributed by atoms with Gasteiger partial charge in [0.25, 0.3) is 11.8 Å². The summed E-state index contributed by atoms with van der Waals surface area (Å²) < 4.78 is 37.3. The number of anilines is 1.